The van der Waals surface area contributed by atoms with E-state index in [0.717, 1.165) is 22.4 Å². The molecule has 1 amide bonds. The molecule has 1 aliphatic rings. The number of benzene rings is 2. The predicted molar refractivity (Wildman–Crippen MR) is 114 cm³/mol. The lowest BCUT2D eigenvalue weighted by Gasteiger charge is -2.29. The molecule has 2 aromatic carbocycles. The highest BCUT2D eigenvalue weighted by atomic mass is 16.5. The molecule has 2 heterocycles. The summed E-state index contributed by atoms with van der Waals surface area (Å²) in [4.78, 5) is 13.5. The first-order valence-corrected chi connectivity index (χ1v) is 9.86. The Balaban J connectivity index is 1.80. The summed E-state index contributed by atoms with van der Waals surface area (Å²) in [6.07, 6.45) is 0. The Morgan fingerprint density at radius 2 is 1.97 bits per heavy atom. The zero-order valence-corrected chi connectivity index (χ0v) is 17.4. The van der Waals surface area contributed by atoms with Crippen LogP contribution in [0.5, 0.6) is 5.75 Å². The van der Waals surface area contributed by atoms with Crippen molar-refractivity contribution in [2.45, 2.75) is 33.7 Å². The Labute approximate surface area is 174 Å². The van der Waals surface area contributed by atoms with Gasteiger partial charge < -0.3 is 15.4 Å². The van der Waals surface area contributed by atoms with Gasteiger partial charge in [-0.1, -0.05) is 35.4 Å². The van der Waals surface area contributed by atoms with E-state index in [1.807, 2.05) is 70.2 Å². The van der Waals surface area contributed by atoms with E-state index in [-0.39, 0.29) is 5.91 Å². The Morgan fingerprint density at radius 1 is 1.17 bits per heavy atom. The zero-order valence-electron chi connectivity index (χ0n) is 17.4. The molecule has 0 radical (unpaired) electrons. The highest BCUT2D eigenvalue weighted by molar-refractivity contribution is 6.06. The Bertz CT molecular complexity index is 1130. The van der Waals surface area contributed by atoms with Gasteiger partial charge >= 0.3 is 0 Å². The van der Waals surface area contributed by atoms with Crippen molar-refractivity contribution < 1.29 is 9.53 Å². The number of para-hydroxylation sites is 1. The molecule has 2 N–H and O–H groups in total. The molecule has 0 bridgehead atoms. The van der Waals surface area contributed by atoms with Crippen LogP contribution in [0.1, 0.15) is 36.6 Å². The van der Waals surface area contributed by atoms with Crippen LogP contribution in [0.3, 0.4) is 0 Å². The number of nitrogens with one attached hydrogen (secondary N) is 2. The van der Waals surface area contributed by atoms with Crippen molar-refractivity contribution in [3.8, 4) is 5.75 Å². The molecule has 154 valence electrons. The number of ether oxygens (including phenoxy) is 1. The summed E-state index contributed by atoms with van der Waals surface area (Å²) < 4.78 is 7.46. The minimum Gasteiger partial charge on any atom is -0.494 e. The van der Waals surface area contributed by atoms with E-state index in [0.29, 0.717) is 29.6 Å². The first-order valence-electron chi connectivity index (χ1n) is 9.86. The molecule has 30 heavy (non-hydrogen) atoms. The van der Waals surface area contributed by atoms with Crippen LogP contribution in [-0.2, 0) is 4.79 Å². The normalized spacial score (nSPS) is 15.4. The number of hydrogen-bond acceptors (Lipinski definition) is 6. The molecule has 1 unspecified atom stereocenters. The smallest absolute Gasteiger partial charge is 0.255 e. The van der Waals surface area contributed by atoms with Gasteiger partial charge in [-0.15, -0.1) is 0 Å². The highest BCUT2D eigenvalue weighted by Crippen LogP contribution is 2.39. The van der Waals surface area contributed by atoms with Gasteiger partial charge in [0.15, 0.2) is 0 Å². The van der Waals surface area contributed by atoms with Gasteiger partial charge in [0, 0.05) is 16.9 Å². The van der Waals surface area contributed by atoms with Crippen molar-refractivity contribution >= 4 is 17.5 Å². The molecule has 0 saturated heterocycles. The van der Waals surface area contributed by atoms with Crippen LogP contribution >= 0.6 is 0 Å². The third kappa shape index (κ3) is 3.41. The van der Waals surface area contributed by atoms with E-state index in [1.54, 1.807) is 4.68 Å². The van der Waals surface area contributed by atoms with E-state index in [2.05, 4.69) is 26.2 Å². The lowest BCUT2D eigenvalue weighted by molar-refractivity contribution is -0.113. The van der Waals surface area contributed by atoms with Gasteiger partial charge in [-0.05, 0) is 61.4 Å². The van der Waals surface area contributed by atoms with Crippen LogP contribution < -0.4 is 15.4 Å². The van der Waals surface area contributed by atoms with Crippen LogP contribution in [0.2, 0.25) is 0 Å². The van der Waals surface area contributed by atoms with Crippen LogP contribution in [-0.4, -0.2) is 32.7 Å². The number of carbonyl (C=O) groups is 1. The Hall–Kier alpha value is -3.68. The molecule has 1 atom stereocenters. The zero-order chi connectivity index (χ0) is 21.3. The van der Waals surface area contributed by atoms with Gasteiger partial charge in [-0.3, -0.25) is 4.79 Å². The average molecular weight is 404 g/mol. The standard InChI is InChI=1S/C22H24N6O2/c1-5-30-18-12-7-6-10-16(18)20-19(15(4)23-22-25-26-27-28(20)22)21(29)24-17-11-8-9-13(2)14(17)3/h6-12,20H,5H2,1-4H3,(H,24,29)(H,23,25,27). The van der Waals surface area contributed by atoms with Crippen molar-refractivity contribution in [3.63, 3.8) is 0 Å². The van der Waals surface area contributed by atoms with Gasteiger partial charge in [0.25, 0.3) is 5.91 Å². The van der Waals surface area contributed by atoms with Gasteiger partial charge in [-0.25, -0.2) is 0 Å². The Kier molecular flexibility index (Phi) is 5.22. The number of aryl methyl sites for hydroxylation is 1. The minimum absolute atomic E-state index is 0.217. The topological polar surface area (TPSA) is 94.0 Å². The van der Waals surface area contributed by atoms with Gasteiger partial charge in [0.2, 0.25) is 5.95 Å². The van der Waals surface area contributed by atoms with E-state index >= 15 is 0 Å². The molecule has 0 aliphatic carbocycles. The number of allylic oxidation sites excluding steroid dienone is 1. The van der Waals surface area contributed by atoms with E-state index in [4.69, 9.17) is 4.74 Å². The number of fused-ring (bicyclic) bond motifs is 1. The number of hydrogen-bond donors (Lipinski definition) is 2. The molecule has 8 nitrogen and oxygen atoms in total. The van der Waals surface area contributed by atoms with Crippen molar-refractivity contribution in [2.75, 3.05) is 17.2 Å². The second-order valence-corrected chi connectivity index (χ2v) is 7.19. The summed E-state index contributed by atoms with van der Waals surface area (Å²) in [6, 6.07) is 13.0. The number of tetrazole rings is 1. The number of nitrogens with zero attached hydrogens (tertiary/aromatic N) is 4. The lowest BCUT2D eigenvalue weighted by atomic mass is 9.94. The van der Waals surface area contributed by atoms with E-state index in [9.17, 15) is 4.79 Å². The van der Waals surface area contributed by atoms with E-state index in [1.165, 1.54) is 0 Å². The summed E-state index contributed by atoms with van der Waals surface area (Å²) in [5, 5.41) is 18.2. The number of rotatable bonds is 5. The third-order valence-corrected chi connectivity index (χ3v) is 5.33. The molecule has 8 heteroatoms. The third-order valence-electron chi connectivity index (χ3n) is 5.33. The number of anilines is 2. The van der Waals surface area contributed by atoms with Gasteiger partial charge in [0.05, 0.1) is 12.2 Å². The average Bonchev–Trinajstić information content (AvgIpc) is 3.19. The highest BCUT2D eigenvalue weighted by Gasteiger charge is 2.35. The second kappa shape index (κ2) is 7.98. The minimum atomic E-state index is -0.524. The summed E-state index contributed by atoms with van der Waals surface area (Å²) >= 11 is 0. The fourth-order valence-electron chi connectivity index (χ4n) is 3.66. The lowest BCUT2D eigenvalue weighted by Crippen LogP contribution is -2.32. The maximum absolute atomic E-state index is 13.5. The van der Waals surface area contributed by atoms with Crippen LogP contribution in [0.25, 0.3) is 0 Å². The second-order valence-electron chi connectivity index (χ2n) is 7.19. The molecule has 1 aliphatic heterocycles. The molecule has 1 aromatic heterocycles. The fraction of sp³-hybridized carbons (Fsp3) is 0.273. The molecular weight excluding hydrogens is 380 g/mol. The quantitative estimate of drug-likeness (QED) is 0.675. The SMILES string of the molecule is CCOc1ccccc1C1C(C(=O)Nc2cccc(C)c2C)=C(C)Nc2nnnn21. The summed E-state index contributed by atoms with van der Waals surface area (Å²) in [6.45, 7) is 8.30. The van der Waals surface area contributed by atoms with Crippen LogP contribution in [0.4, 0.5) is 11.6 Å². The Morgan fingerprint density at radius 3 is 2.77 bits per heavy atom. The maximum atomic E-state index is 13.5. The molecular formula is C22H24N6O2. The molecule has 0 spiro atoms. The number of amides is 1. The molecule has 4 rings (SSSR count). The predicted octanol–water partition coefficient (Wildman–Crippen LogP) is 3.62. The first-order chi connectivity index (χ1) is 14.5. The maximum Gasteiger partial charge on any atom is 0.255 e. The van der Waals surface area contributed by atoms with Gasteiger partial charge in [-0.2, -0.15) is 4.68 Å². The van der Waals surface area contributed by atoms with Crippen molar-refractivity contribution in [1.29, 1.82) is 0 Å². The largest absolute Gasteiger partial charge is 0.494 e. The van der Waals surface area contributed by atoms with Gasteiger partial charge in [0.1, 0.15) is 11.8 Å². The molecule has 0 saturated carbocycles. The van der Waals surface area contributed by atoms with E-state index < -0.39 is 6.04 Å². The van der Waals surface area contributed by atoms with Crippen molar-refractivity contribution in [1.82, 2.24) is 20.2 Å². The van der Waals surface area contributed by atoms with Crippen LogP contribution in [0, 0.1) is 13.8 Å². The fourth-order valence-corrected chi connectivity index (χ4v) is 3.66. The molecule has 0 fully saturated rings. The van der Waals surface area contributed by atoms with Crippen molar-refractivity contribution in [2.24, 2.45) is 0 Å². The summed E-state index contributed by atoms with van der Waals surface area (Å²) in [5.41, 5.74) is 4.96. The summed E-state index contributed by atoms with van der Waals surface area (Å²) in [7, 11) is 0. The monoisotopic (exact) mass is 404 g/mol. The summed E-state index contributed by atoms with van der Waals surface area (Å²) in [5.74, 6) is 0.955. The molecule has 3 aromatic rings. The van der Waals surface area contributed by atoms with Crippen molar-refractivity contribution in [3.05, 3.63) is 70.4 Å². The first kappa shape index (κ1) is 19.6. The number of carbonyl (C=O) groups excluding carboxylic acids is 1. The number of aromatic nitrogens is 4. The van der Waals surface area contributed by atoms with Crippen LogP contribution in [0.15, 0.2) is 53.7 Å².